The van der Waals surface area contributed by atoms with Crippen molar-refractivity contribution >= 4 is 33.7 Å². The molecule has 2 aromatic carbocycles. The second kappa shape index (κ2) is 5.94. The van der Waals surface area contributed by atoms with E-state index in [2.05, 4.69) is 39.1 Å². The second-order valence-corrected chi connectivity index (χ2v) is 7.21. The van der Waals surface area contributed by atoms with Crippen molar-refractivity contribution in [2.75, 3.05) is 37.5 Å². The fourth-order valence-electron chi connectivity index (χ4n) is 3.83. The highest BCUT2D eigenvalue weighted by atomic mass is 16.5. The zero-order valence-corrected chi connectivity index (χ0v) is 15.7. The summed E-state index contributed by atoms with van der Waals surface area (Å²) >= 11 is 0. The largest absolute Gasteiger partial charge is 0.497 e. The van der Waals surface area contributed by atoms with Crippen molar-refractivity contribution in [1.82, 2.24) is 9.97 Å². The van der Waals surface area contributed by atoms with Gasteiger partial charge in [-0.15, -0.1) is 0 Å². The number of hydrogen-bond acceptors (Lipinski definition) is 5. The third-order valence-electron chi connectivity index (χ3n) is 5.29. The number of oxazole rings is 1. The summed E-state index contributed by atoms with van der Waals surface area (Å²) in [6, 6.07) is 13.1. The Morgan fingerprint density at radius 1 is 1.19 bits per heavy atom. The molecule has 4 aromatic rings. The summed E-state index contributed by atoms with van der Waals surface area (Å²) in [6.45, 7) is 1.84. The fourth-order valence-corrected chi connectivity index (χ4v) is 3.83. The van der Waals surface area contributed by atoms with Crippen molar-refractivity contribution in [1.29, 1.82) is 0 Å². The number of fused-ring (bicyclic) bond motifs is 4. The number of anilines is 2. The number of nitrogens with zero attached hydrogens (tertiary/aromatic N) is 3. The monoisotopic (exact) mass is 362 g/mol. The zero-order valence-electron chi connectivity index (χ0n) is 15.7. The van der Waals surface area contributed by atoms with Crippen molar-refractivity contribution in [2.24, 2.45) is 0 Å². The summed E-state index contributed by atoms with van der Waals surface area (Å²) < 4.78 is 11.2. The van der Waals surface area contributed by atoms with Gasteiger partial charge < -0.3 is 23.9 Å². The number of nitrogens with one attached hydrogen (secondary N) is 1. The van der Waals surface area contributed by atoms with E-state index in [1.54, 1.807) is 7.11 Å². The molecule has 0 amide bonds. The Bertz CT molecular complexity index is 1140. The number of ether oxygens (including phenoxy) is 1. The average Bonchev–Trinajstić information content (AvgIpc) is 3.27. The Balaban J connectivity index is 1.52. The molecule has 5 rings (SSSR count). The van der Waals surface area contributed by atoms with Gasteiger partial charge in [0.2, 0.25) is 0 Å². The summed E-state index contributed by atoms with van der Waals surface area (Å²) in [5.74, 6) is 0.890. The average molecular weight is 362 g/mol. The third kappa shape index (κ3) is 2.60. The first-order valence-electron chi connectivity index (χ1n) is 9.13. The first-order valence-corrected chi connectivity index (χ1v) is 9.13. The molecule has 0 atom stereocenters. The number of aromatic nitrogens is 2. The lowest BCUT2D eigenvalue weighted by Gasteiger charge is -2.29. The van der Waals surface area contributed by atoms with E-state index in [1.807, 2.05) is 31.1 Å². The smallest absolute Gasteiger partial charge is 0.297 e. The van der Waals surface area contributed by atoms with Gasteiger partial charge in [0.25, 0.3) is 6.01 Å². The highest BCUT2D eigenvalue weighted by Gasteiger charge is 2.22. The van der Waals surface area contributed by atoms with E-state index in [-0.39, 0.29) is 0 Å². The van der Waals surface area contributed by atoms with Gasteiger partial charge in [0, 0.05) is 61.5 Å². The maximum atomic E-state index is 5.78. The zero-order chi connectivity index (χ0) is 18.5. The Kier molecular flexibility index (Phi) is 3.53. The van der Waals surface area contributed by atoms with E-state index in [0.717, 1.165) is 36.4 Å². The number of rotatable bonds is 3. The lowest BCUT2D eigenvalue weighted by Crippen LogP contribution is -2.29. The molecule has 1 aliphatic heterocycles. The lowest BCUT2D eigenvalue weighted by atomic mass is 10.0. The summed E-state index contributed by atoms with van der Waals surface area (Å²) in [5.41, 5.74) is 6.73. The van der Waals surface area contributed by atoms with Crippen LogP contribution in [0.4, 0.5) is 11.7 Å². The summed E-state index contributed by atoms with van der Waals surface area (Å²) in [7, 11) is 5.58. The Hall–Kier alpha value is -3.15. The molecule has 1 aliphatic rings. The first kappa shape index (κ1) is 16.1. The van der Waals surface area contributed by atoms with Crippen molar-refractivity contribution in [3.63, 3.8) is 0 Å². The van der Waals surface area contributed by atoms with Crippen molar-refractivity contribution in [3.05, 3.63) is 47.7 Å². The Morgan fingerprint density at radius 2 is 2.07 bits per heavy atom. The molecule has 6 heteroatoms. The summed E-state index contributed by atoms with van der Waals surface area (Å²) in [5, 5.41) is 1.24. The molecule has 0 bridgehead atoms. The minimum Gasteiger partial charge on any atom is -0.497 e. The standard InChI is InChI=1S/C21H22N4O2/c1-24(2)21-23-19-10-13(4-7-20(19)27-21)25-9-8-18-16(12-25)15-11-14(26-3)5-6-17(15)22-18/h4-7,10-11,22H,8-9,12H2,1-3H3. The maximum absolute atomic E-state index is 5.78. The first-order chi connectivity index (χ1) is 13.1. The highest BCUT2D eigenvalue weighted by Crippen LogP contribution is 2.33. The van der Waals surface area contributed by atoms with Gasteiger partial charge in [0.05, 0.1) is 7.11 Å². The van der Waals surface area contributed by atoms with Gasteiger partial charge in [0.1, 0.15) is 11.3 Å². The SMILES string of the molecule is COc1ccc2[nH]c3c(c2c1)CN(c1ccc2oc(N(C)C)nc2c1)CC3. The van der Waals surface area contributed by atoms with Gasteiger partial charge in [-0.2, -0.15) is 4.98 Å². The van der Waals surface area contributed by atoms with Crippen LogP contribution in [0.2, 0.25) is 0 Å². The summed E-state index contributed by atoms with van der Waals surface area (Å²) in [4.78, 5) is 12.4. The van der Waals surface area contributed by atoms with Crippen LogP contribution in [0.1, 0.15) is 11.3 Å². The molecule has 0 saturated carbocycles. The van der Waals surface area contributed by atoms with Crippen molar-refractivity contribution < 1.29 is 9.15 Å². The van der Waals surface area contributed by atoms with Gasteiger partial charge in [-0.3, -0.25) is 0 Å². The van der Waals surface area contributed by atoms with Gasteiger partial charge in [-0.25, -0.2) is 0 Å². The van der Waals surface area contributed by atoms with Crippen molar-refractivity contribution in [3.8, 4) is 5.75 Å². The van der Waals surface area contributed by atoms with E-state index in [9.17, 15) is 0 Å². The van der Waals surface area contributed by atoms with E-state index < -0.39 is 0 Å². The number of H-pyrrole nitrogens is 1. The van der Waals surface area contributed by atoms with Crippen LogP contribution >= 0.6 is 0 Å². The van der Waals surface area contributed by atoms with Crippen LogP contribution in [0.5, 0.6) is 5.75 Å². The minimum atomic E-state index is 0.631. The van der Waals surface area contributed by atoms with Gasteiger partial charge in [-0.05, 0) is 36.4 Å². The predicted molar refractivity (Wildman–Crippen MR) is 108 cm³/mol. The molecule has 27 heavy (non-hydrogen) atoms. The molecule has 138 valence electrons. The third-order valence-corrected chi connectivity index (χ3v) is 5.29. The van der Waals surface area contributed by atoms with E-state index in [1.165, 1.54) is 27.8 Å². The Labute approximate surface area is 157 Å². The van der Waals surface area contributed by atoms with Gasteiger partial charge in [0.15, 0.2) is 5.58 Å². The number of aromatic amines is 1. The molecule has 6 nitrogen and oxygen atoms in total. The number of hydrogen-bond donors (Lipinski definition) is 1. The molecule has 0 aliphatic carbocycles. The van der Waals surface area contributed by atoms with Gasteiger partial charge >= 0.3 is 0 Å². The summed E-state index contributed by atoms with van der Waals surface area (Å²) in [6.07, 6.45) is 0.992. The molecule has 1 N–H and O–H groups in total. The Morgan fingerprint density at radius 3 is 2.89 bits per heavy atom. The molecule has 0 saturated heterocycles. The fraction of sp³-hybridized carbons (Fsp3) is 0.286. The number of benzene rings is 2. The van der Waals surface area contributed by atoms with Crippen LogP contribution in [0.15, 0.2) is 40.8 Å². The molecule has 2 aromatic heterocycles. The molecular formula is C21H22N4O2. The topological polar surface area (TPSA) is 57.5 Å². The van der Waals surface area contributed by atoms with E-state index >= 15 is 0 Å². The maximum Gasteiger partial charge on any atom is 0.297 e. The second-order valence-electron chi connectivity index (χ2n) is 7.21. The molecule has 0 spiro atoms. The van der Waals surface area contributed by atoms with Crippen LogP contribution in [-0.4, -0.2) is 37.7 Å². The molecule has 0 unspecified atom stereocenters. The van der Waals surface area contributed by atoms with Crippen LogP contribution in [0.3, 0.4) is 0 Å². The minimum absolute atomic E-state index is 0.631. The number of methoxy groups -OCH3 is 1. The molecule has 0 radical (unpaired) electrons. The van der Waals surface area contributed by atoms with Crippen LogP contribution in [-0.2, 0) is 13.0 Å². The van der Waals surface area contributed by atoms with Crippen LogP contribution in [0, 0.1) is 0 Å². The van der Waals surface area contributed by atoms with Crippen LogP contribution in [0.25, 0.3) is 22.0 Å². The van der Waals surface area contributed by atoms with E-state index in [0.29, 0.717) is 6.01 Å². The lowest BCUT2D eigenvalue weighted by molar-refractivity contribution is 0.415. The predicted octanol–water partition coefficient (Wildman–Crippen LogP) is 3.95. The van der Waals surface area contributed by atoms with Crippen molar-refractivity contribution in [2.45, 2.75) is 13.0 Å². The quantitative estimate of drug-likeness (QED) is 0.598. The normalized spacial score (nSPS) is 14.0. The van der Waals surface area contributed by atoms with Gasteiger partial charge in [-0.1, -0.05) is 0 Å². The van der Waals surface area contributed by atoms with Crippen LogP contribution < -0.4 is 14.5 Å². The molecule has 3 heterocycles. The molecular weight excluding hydrogens is 340 g/mol. The molecule has 0 fully saturated rings. The highest BCUT2D eigenvalue weighted by molar-refractivity contribution is 5.87. The van der Waals surface area contributed by atoms with E-state index in [4.69, 9.17) is 9.15 Å².